The Balaban J connectivity index is 2.01. The Labute approximate surface area is 133 Å². The van der Waals surface area contributed by atoms with E-state index >= 15 is 0 Å². The van der Waals surface area contributed by atoms with Crippen LogP contribution >= 0.6 is 0 Å². The monoisotopic (exact) mass is 345 g/mol. The van der Waals surface area contributed by atoms with E-state index in [-0.39, 0.29) is 29.3 Å². The number of nitrogens with one attached hydrogen (secondary N) is 1. The molecular formula is C14H11F4N3O3. The lowest BCUT2D eigenvalue weighted by Gasteiger charge is -2.28. The molecule has 0 radical (unpaired) electrons. The number of alkyl halides is 3. The average molecular weight is 345 g/mol. The molecule has 0 saturated carbocycles. The maximum absolute atomic E-state index is 14.2. The van der Waals surface area contributed by atoms with E-state index in [1.165, 1.54) is 0 Å². The number of allylic oxidation sites excluding steroid dienone is 1. The highest BCUT2D eigenvalue weighted by atomic mass is 19.4. The summed E-state index contributed by atoms with van der Waals surface area (Å²) in [7, 11) is 1.03. The molecule has 1 aromatic rings. The average Bonchev–Trinajstić information content (AvgIpc) is 2.48. The molecule has 1 amide bonds. The number of hydrogen-bond acceptors (Lipinski definition) is 5. The number of nitrogens with zero attached hydrogens (tertiary/aromatic N) is 2. The molecule has 2 aliphatic rings. The number of benzene rings is 1. The lowest BCUT2D eigenvalue weighted by Crippen LogP contribution is -2.36. The second kappa shape index (κ2) is 5.48. The van der Waals surface area contributed by atoms with Gasteiger partial charge in [-0.3, -0.25) is 9.80 Å². The lowest BCUT2D eigenvalue weighted by atomic mass is 10.0. The first-order chi connectivity index (χ1) is 11.2. The summed E-state index contributed by atoms with van der Waals surface area (Å²) in [6.45, 7) is -0.268. The van der Waals surface area contributed by atoms with Crippen molar-refractivity contribution in [1.82, 2.24) is 5.01 Å². The Morgan fingerprint density at radius 3 is 2.79 bits per heavy atom. The number of carbonyl (C=O) groups excluding carboxylic acids is 1. The number of aliphatic hydroxyl groups is 1. The zero-order chi connectivity index (χ0) is 17.6. The van der Waals surface area contributed by atoms with E-state index in [0.717, 1.165) is 19.2 Å². The van der Waals surface area contributed by atoms with E-state index in [0.29, 0.717) is 11.1 Å². The molecule has 3 rings (SSSR count). The van der Waals surface area contributed by atoms with Crippen LogP contribution in [0.2, 0.25) is 0 Å². The fourth-order valence-electron chi connectivity index (χ4n) is 2.40. The van der Waals surface area contributed by atoms with Crippen LogP contribution in [0.1, 0.15) is 5.56 Å². The van der Waals surface area contributed by atoms with E-state index in [9.17, 15) is 27.5 Å². The van der Waals surface area contributed by atoms with Crippen molar-refractivity contribution in [2.45, 2.75) is 12.3 Å². The standard InChI is InChI=1S/C14H11F4N3O3/c1-21-11(14(16,17)18)4-9(22)13(20-21)6-2-8-10(3-7(6)15)24-5-12(23)19-8/h2-4,9,22H,5H2,1H3,(H,19,23). The van der Waals surface area contributed by atoms with Gasteiger partial charge in [-0.2, -0.15) is 18.3 Å². The highest BCUT2D eigenvalue weighted by Crippen LogP contribution is 2.34. The van der Waals surface area contributed by atoms with Crippen LogP contribution in [0.3, 0.4) is 0 Å². The maximum Gasteiger partial charge on any atom is 0.432 e. The highest BCUT2D eigenvalue weighted by Gasteiger charge is 2.40. The Hall–Kier alpha value is -2.62. The number of hydrogen-bond donors (Lipinski definition) is 2. The topological polar surface area (TPSA) is 74.2 Å². The number of halogens is 4. The minimum absolute atomic E-state index is 0.0848. The summed E-state index contributed by atoms with van der Waals surface area (Å²) >= 11 is 0. The summed E-state index contributed by atoms with van der Waals surface area (Å²) in [5.74, 6) is -1.22. The fourth-order valence-corrected chi connectivity index (χ4v) is 2.40. The van der Waals surface area contributed by atoms with Gasteiger partial charge in [0.25, 0.3) is 5.91 Å². The van der Waals surface area contributed by atoms with Crippen molar-refractivity contribution >= 4 is 17.3 Å². The van der Waals surface area contributed by atoms with Crippen molar-refractivity contribution in [3.8, 4) is 5.75 Å². The van der Waals surface area contributed by atoms with Crippen LogP contribution < -0.4 is 10.1 Å². The van der Waals surface area contributed by atoms with Gasteiger partial charge in [0, 0.05) is 18.7 Å². The number of amides is 1. The molecule has 1 unspecified atom stereocenters. The molecule has 10 heteroatoms. The summed E-state index contributed by atoms with van der Waals surface area (Å²) in [6, 6.07) is 2.13. The zero-order valence-electron chi connectivity index (χ0n) is 12.2. The molecule has 1 atom stereocenters. The van der Waals surface area contributed by atoms with Crippen molar-refractivity contribution in [2.24, 2.45) is 5.10 Å². The minimum Gasteiger partial charge on any atom is -0.481 e. The lowest BCUT2D eigenvalue weighted by molar-refractivity contribution is -0.118. The number of aliphatic hydroxyl groups excluding tert-OH is 1. The van der Waals surface area contributed by atoms with Crippen molar-refractivity contribution < 1.29 is 32.2 Å². The van der Waals surface area contributed by atoms with Crippen molar-refractivity contribution in [3.05, 3.63) is 35.3 Å². The number of anilines is 1. The Morgan fingerprint density at radius 2 is 2.12 bits per heavy atom. The summed E-state index contributed by atoms with van der Waals surface area (Å²) in [4.78, 5) is 11.3. The molecule has 0 fully saturated rings. The largest absolute Gasteiger partial charge is 0.481 e. The molecule has 0 aliphatic carbocycles. The smallest absolute Gasteiger partial charge is 0.432 e. The first kappa shape index (κ1) is 16.2. The van der Waals surface area contributed by atoms with Gasteiger partial charge in [0.15, 0.2) is 6.61 Å². The molecule has 0 bridgehead atoms. The summed E-state index contributed by atoms with van der Waals surface area (Å²) in [5.41, 5.74) is -1.57. The second-order valence-electron chi connectivity index (χ2n) is 5.17. The van der Waals surface area contributed by atoms with Gasteiger partial charge in [0.05, 0.1) is 5.69 Å². The van der Waals surface area contributed by atoms with Crippen LogP contribution in [0.5, 0.6) is 5.75 Å². The number of fused-ring (bicyclic) bond motifs is 1. The van der Waals surface area contributed by atoms with Gasteiger partial charge in [-0.05, 0) is 12.1 Å². The van der Waals surface area contributed by atoms with E-state index in [1.54, 1.807) is 0 Å². The van der Waals surface area contributed by atoms with Crippen LogP contribution in [0, 0.1) is 5.82 Å². The van der Waals surface area contributed by atoms with E-state index in [4.69, 9.17) is 4.74 Å². The number of rotatable bonds is 1. The van der Waals surface area contributed by atoms with Gasteiger partial charge in [-0.1, -0.05) is 0 Å². The first-order valence-corrected chi connectivity index (χ1v) is 6.72. The third-order valence-electron chi connectivity index (χ3n) is 3.47. The Kier molecular flexibility index (Phi) is 3.71. The number of carbonyl (C=O) groups is 1. The van der Waals surface area contributed by atoms with E-state index in [1.807, 2.05) is 0 Å². The maximum atomic E-state index is 14.2. The van der Waals surface area contributed by atoms with Crippen LogP contribution in [-0.4, -0.2) is 47.7 Å². The van der Waals surface area contributed by atoms with Crippen molar-refractivity contribution in [3.63, 3.8) is 0 Å². The number of hydrazone groups is 1. The number of ether oxygens (including phenoxy) is 1. The molecular weight excluding hydrogens is 334 g/mol. The van der Waals surface area contributed by atoms with Crippen molar-refractivity contribution in [2.75, 3.05) is 19.0 Å². The first-order valence-electron chi connectivity index (χ1n) is 6.72. The van der Waals surface area contributed by atoms with Crippen LogP contribution in [0.4, 0.5) is 23.2 Å². The predicted octanol–water partition coefficient (Wildman–Crippen LogP) is 1.61. The van der Waals surface area contributed by atoms with Gasteiger partial charge in [0.2, 0.25) is 0 Å². The van der Waals surface area contributed by atoms with Gasteiger partial charge in [0.1, 0.15) is 29.1 Å². The van der Waals surface area contributed by atoms with Crippen molar-refractivity contribution in [1.29, 1.82) is 0 Å². The predicted molar refractivity (Wildman–Crippen MR) is 75.0 cm³/mol. The third kappa shape index (κ3) is 2.80. The molecule has 2 N–H and O–H groups in total. The minimum atomic E-state index is -4.71. The zero-order valence-corrected chi connectivity index (χ0v) is 12.2. The molecule has 128 valence electrons. The summed E-state index contributed by atoms with van der Waals surface area (Å²) in [6.07, 6.45) is -5.93. The SMILES string of the molecule is CN1N=C(c2cc3c(cc2F)OCC(=O)N3)C(O)C=C1C(F)(F)F. The molecule has 2 heterocycles. The quantitative estimate of drug-likeness (QED) is 0.759. The highest BCUT2D eigenvalue weighted by molar-refractivity contribution is 6.07. The normalized spacial score (nSPS) is 20.7. The van der Waals surface area contributed by atoms with Crippen LogP contribution in [0.15, 0.2) is 29.0 Å². The Morgan fingerprint density at radius 1 is 1.42 bits per heavy atom. The van der Waals surface area contributed by atoms with Gasteiger partial charge in [-0.25, -0.2) is 4.39 Å². The Bertz CT molecular complexity index is 773. The van der Waals surface area contributed by atoms with Crippen LogP contribution in [0.25, 0.3) is 0 Å². The van der Waals surface area contributed by atoms with E-state index in [2.05, 4.69) is 10.4 Å². The molecule has 6 nitrogen and oxygen atoms in total. The molecule has 0 spiro atoms. The second-order valence-corrected chi connectivity index (χ2v) is 5.17. The fraction of sp³-hybridized carbons (Fsp3) is 0.286. The van der Waals surface area contributed by atoms with Crippen LogP contribution in [-0.2, 0) is 4.79 Å². The third-order valence-corrected chi connectivity index (χ3v) is 3.47. The molecule has 0 aromatic heterocycles. The van der Waals surface area contributed by atoms with Gasteiger partial charge in [-0.15, -0.1) is 0 Å². The molecule has 0 saturated heterocycles. The van der Waals surface area contributed by atoms with Gasteiger partial charge >= 0.3 is 6.18 Å². The molecule has 2 aliphatic heterocycles. The summed E-state index contributed by atoms with van der Waals surface area (Å²) in [5, 5.41) is 16.5. The van der Waals surface area contributed by atoms with Gasteiger partial charge < -0.3 is 15.2 Å². The summed E-state index contributed by atoms with van der Waals surface area (Å²) < 4.78 is 57.7. The molecule has 1 aromatic carbocycles. The molecule has 24 heavy (non-hydrogen) atoms. The van der Waals surface area contributed by atoms with E-state index < -0.39 is 29.7 Å².